The van der Waals surface area contributed by atoms with Gasteiger partial charge in [-0.25, -0.2) is 14.6 Å². The van der Waals surface area contributed by atoms with E-state index in [9.17, 15) is 10.1 Å². The Labute approximate surface area is 288 Å². The van der Waals surface area contributed by atoms with E-state index in [0.717, 1.165) is 97.2 Å². The quantitative estimate of drug-likeness (QED) is 0.213. The molecule has 0 radical (unpaired) electrons. The number of rotatable bonds is 7. The number of aromatic amines is 1. The Kier molecular flexibility index (Phi) is 7.83. The number of thiophene rings is 1. The molecule has 8 rings (SSSR count). The number of nitrogens with two attached hydrogens (primary N) is 1. The van der Waals surface area contributed by atoms with Crippen LogP contribution in [-0.4, -0.2) is 61.0 Å². The second-order valence-corrected chi connectivity index (χ2v) is 15.1. The van der Waals surface area contributed by atoms with Crippen LogP contribution in [0.3, 0.4) is 0 Å². The molecule has 3 N–H and O–H groups in total. The fraction of sp³-hybridized carbons (Fsp3) is 0.500. The van der Waals surface area contributed by atoms with Crippen LogP contribution in [0.15, 0.2) is 33.8 Å². The van der Waals surface area contributed by atoms with Crippen LogP contribution in [0.1, 0.15) is 104 Å². The molecule has 0 aromatic carbocycles. The molecule has 5 aromatic rings. The van der Waals surface area contributed by atoms with Crippen LogP contribution in [0.5, 0.6) is 0 Å². The van der Waals surface area contributed by atoms with Crippen LogP contribution < -0.4 is 16.2 Å². The van der Waals surface area contributed by atoms with Gasteiger partial charge in [0.15, 0.2) is 22.9 Å². The van der Waals surface area contributed by atoms with Crippen molar-refractivity contribution in [2.45, 2.75) is 95.7 Å². The summed E-state index contributed by atoms with van der Waals surface area (Å²) in [5.41, 5.74) is 10.9. The number of aromatic nitrogens is 6. The minimum Gasteiger partial charge on any atom is -0.389 e. The minimum absolute atomic E-state index is 0.0934. The third-order valence-electron chi connectivity index (χ3n) is 11.4. The lowest BCUT2D eigenvalue weighted by Gasteiger charge is -2.39. The Morgan fingerprint density at radius 2 is 2.04 bits per heavy atom. The zero-order valence-electron chi connectivity index (χ0n) is 28.5. The van der Waals surface area contributed by atoms with Crippen molar-refractivity contribution in [1.29, 1.82) is 5.26 Å². The second kappa shape index (κ2) is 12.1. The normalized spacial score (nSPS) is 21.8. The number of likely N-dealkylation sites (N-methyl/N-ethyl adjacent to an activating group) is 1. The fourth-order valence-electron chi connectivity index (χ4n) is 8.93. The zero-order chi connectivity index (χ0) is 34.0. The van der Waals surface area contributed by atoms with E-state index in [0.29, 0.717) is 34.7 Å². The molecule has 0 unspecified atom stereocenters. The van der Waals surface area contributed by atoms with Gasteiger partial charge in [-0.05, 0) is 96.9 Å². The highest BCUT2D eigenvalue weighted by Gasteiger charge is 2.49. The molecule has 0 bridgehead atoms. The zero-order valence-corrected chi connectivity index (χ0v) is 29.3. The SMILES string of the molecule is CCN(c1nc(-c2noc3c2CCC[C@@]32CCCc3sc(N)c(C#N)c32)nc2c1cnn2[C@@H](C)[C@@H]1CCCN1C)[C@H](C)c1ccc(=O)[nH]c1. The average Bonchev–Trinajstić information content (AvgIpc) is 3.90. The molecule has 0 saturated carbocycles. The van der Waals surface area contributed by atoms with Gasteiger partial charge in [-0.3, -0.25) is 4.79 Å². The number of anilines is 2. The number of hydrogen-bond donors (Lipinski definition) is 2. The number of nitriles is 1. The molecule has 1 spiro atoms. The number of pyridine rings is 1. The summed E-state index contributed by atoms with van der Waals surface area (Å²) in [6.07, 6.45) is 11.3. The summed E-state index contributed by atoms with van der Waals surface area (Å²) in [7, 11) is 2.18. The summed E-state index contributed by atoms with van der Waals surface area (Å²) in [4.78, 5) is 31.1. The van der Waals surface area contributed by atoms with E-state index in [1.54, 1.807) is 23.6 Å². The van der Waals surface area contributed by atoms with Gasteiger partial charge in [0.05, 0.1) is 34.6 Å². The lowest BCUT2D eigenvalue weighted by molar-refractivity contribution is 0.232. The van der Waals surface area contributed by atoms with E-state index in [4.69, 9.17) is 30.5 Å². The highest BCUT2D eigenvalue weighted by Crippen LogP contribution is 2.55. The van der Waals surface area contributed by atoms with Gasteiger partial charge in [0.2, 0.25) is 5.56 Å². The van der Waals surface area contributed by atoms with Crippen molar-refractivity contribution < 1.29 is 4.52 Å². The summed E-state index contributed by atoms with van der Waals surface area (Å²) in [6.45, 7) is 8.18. The van der Waals surface area contributed by atoms with Gasteiger partial charge in [0.1, 0.15) is 16.9 Å². The maximum Gasteiger partial charge on any atom is 0.247 e. The van der Waals surface area contributed by atoms with Crippen LogP contribution in [0.25, 0.3) is 22.6 Å². The van der Waals surface area contributed by atoms with Gasteiger partial charge in [-0.15, -0.1) is 11.3 Å². The molecule has 5 aromatic heterocycles. The van der Waals surface area contributed by atoms with Crippen molar-refractivity contribution in [3.05, 3.63) is 67.8 Å². The summed E-state index contributed by atoms with van der Waals surface area (Å²) in [6, 6.07) is 6.19. The Hall–Kier alpha value is -4.54. The number of nitrogens with one attached hydrogen (secondary N) is 1. The third kappa shape index (κ3) is 4.90. The van der Waals surface area contributed by atoms with Crippen molar-refractivity contribution in [2.75, 3.05) is 30.8 Å². The molecule has 2 aliphatic carbocycles. The first-order valence-corrected chi connectivity index (χ1v) is 18.3. The van der Waals surface area contributed by atoms with E-state index in [2.05, 4.69) is 53.4 Å². The lowest BCUT2D eigenvalue weighted by atomic mass is 9.63. The topological polar surface area (TPSA) is 159 Å². The third-order valence-corrected chi connectivity index (χ3v) is 12.5. The first kappa shape index (κ1) is 31.7. The minimum atomic E-state index is -0.434. The van der Waals surface area contributed by atoms with Crippen LogP contribution in [0.2, 0.25) is 0 Å². The molecule has 254 valence electrons. The monoisotopic (exact) mass is 678 g/mol. The highest BCUT2D eigenvalue weighted by atomic mass is 32.1. The van der Waals surface area contributed by atoms with E-state index in [1.165, 1.54) is 4.88 Å². The van der Waals surface area contributed by atoms with Gasteiger partial charge in [-0.1, -0.05) is 11.2 Å². The molecule has 1 saturated heterocycles. The first-order valence-electron chi connectivity index (χ1n) is 17.5. The number of hydrogen-bond acceptors (Lipinski definition) is 11. The number of nitrogens with zero attached hydrogens (tertiary/aromatic N) is 8. The molecular formula is C36H42N10O2S. The Morgan fingerprint density at radius 1 is 1.22 bits per heavy atom. The molecule has 49 heavy (non-hydrogen) atoms. The standard InChI is InChI=1S/C36H42N10O2S/c1-5-45(20(2)22-12-13-28(47)39-18-22)34-25-19-40-46(21(3)26-10-8-16-44(26)4)35(25)42-33(41-34)30-23-9-6-14-36(31(23)48-43-30)15-7-11-27-29(36)24(17-37)32(38)49-27/h12-13,18-21,26H,5-11,14-16,38H2,1-4H3,(H,39,47)/t20-,21+,26+,36+/m1/s1. The van der Waals surface area contributed by atoms with Crippen molar-refractivity contribution >= 4 is 33.2 Å². The number of nitrogen functional groups attached to an aromatic ring is 1. The molecule has 6 heterocycles. The van der Waals surface area contributed by atoms with E-state index >= 15 is 0 Å². The van der Waals surface area contributed by atoms with E-state index in [-0.39, 0.29) is 17.6 Å². The van der Waals surface area contributed by atoms with Gasteiger partial charge >= 0.3 is 0 Å². The summed E-state index contributed by atoms with van der Waals surface area (Å²) in [5.74, 6) is 2.10. The number of likely N-dealkylation sites (tertiary alicyclic amines) is 1. The summed E-state index contributed by atoms with van der Waals surface area (Å²) >= 11 is 1.54. The maximum atomic E-state index is 11.9. The van der Waals surface area contributed by atoms with E-state index in [1.807, 2.05) is 12.3 Å². The van der Waals surface area contributed by atoms with Crippen molar-refractivity contribution in [3.63, 3.8) is 0 Å². The number of H-pyrrole nitrogens is 1. The molecule has 13 heteroatoms. The van der Waals surface area contributed by atoms with Crippen molar-refractivity contribution in [2.24, 2.45) is 0 Å². The predicted octanol–water partition coefficient (Wildman–Crippen LogP) is 5.89. The molecule has 12 nitrogen and oxygen atoms in total. The van der Waals surface area contributed by atoms with E-state index < -0.39 is 5.41 Å². The Morgan fingerprint density at radius 3 is 2.76 bits per heavy atom. The molecule has 1 aliphatic heterocycles. The van der Waals surface area contributed by atoms with Crippen LogP contribution in [0, 0.1) is 11.3 Å². The number of aryl methyl sites for hydroxylation is 1. The average molecular weight is 679 g/mol. The molecule has 0 amide bonds. The lowest BCUT2D eigenvalue weighted by Crippen LogP contribution is -2.35. The van der Waals surface area contributed by atoms with Gasteiger partial charge < -0.3 is 25.0 Å². The first-order chi connectivity index (χ1) is 23.8. The summed E-state index contributed by atoms with van der Waals surface area (Å²) < 4.78 is 8.43. The smallest absolute Gasteiger partial charge is 0.247 e. The van der Waals surface area contributed by atoms with Crippen LogP contribution in [-0.2, 0) is 18.3 Å². The largest absolute Gasteiger partial charge is 0.389 e. The highest BCUT2D eigenvalue weighted by molar-refractivity contribution is 7.16. The predicted molar refractivity (Wildman–Crippen MR) is 190 cm³/mol. The molecule has 3 aliphatic rings. The molecular weight excluding hydrogens is 637 g/mol. The second-order valence-electron chi connectivity index (χ2n) is 14.0. The fourth-order valence-corrected chi connectivity index (χ4v) is 10.1. The summed E-state index contributed by atoms with van der Waals surface area (Å²) in [5, 5.41) is 21.3. The van der Waals surface area contributed by atoms with Gasteiger partial charge in [-0.2, -0.15) is 10.4 Å². The van der Waals surface area contributed by atoms with Gasteiger partial charge in [0, 0.05) is 35.3 Å². The maximum absolute atomic E-state index is 11.9. The Bertz CT molecular complexity index is 2130. The van der Waals surface area contributed by atoms with Crippen LogP contribution >= 0.6 is 11.3 Å². The molecule has 1 fully saturated rings. The number of fused-ring (bicyclic) bond motifs is 5. The molecule has 4 atom stereocenters. The van der Waals surface area contributed by atoms with Gasteiger partial charge in [0.25, 0.3) is 0 Å². The van der Waals surface area contributed by atoms with Crippen molar-refractivity contribution in [3.8, 4) is 17.6 Å². The van der Waals surface area contributed by atoms with Crippen LogP contribution in [0.4, 0.5) is 10.8 Å². The van der Waals surface area contributed by atoms with Crippen molar-refractivity contribution in [1.82, 2.24) is 34.8 Å². The Balaban J connectivity index is 1.31.